The molecular formula is C7H7ClF4O2. The third kappa shape index (κ3) is 2.94. The molecule has 0 amide bonds. The summed E-state index contributed by atoms with van der Waals surface area (Å²) in [5, 5.41) is -4.96. The maximum absolute atomic E-state index is 12.4. The summed E-state index contributed by atoms with van der Waals surface area (Å²) in [7, 11) is 0. The highest BCUT2D eigenvalue weighted by Gasteiger charge is 2.60. The molecule has 0 aliphatic carbocycles. The molecule has 0 N–H and O–H groups in total. The molecule has 2 nitrogen and oxygen atoms in total. The molecule has 0 atom stereocenters. The van der Waals surface area contributed by atoms with Crippen LogP contribution in [0.2, 0.25) is 0 Å². The lowest BCUT2D eigenvalue weighted by molar-refractivity contribution is -0.178. The molecule has 0 radical (unpaired) electrons. The van der Waals surface area contributed by atoms with E-state index in [4.69, 9.17) is 0 Å². The quantitative estimate of drug-likeness (QED) is 0.416. The van der Waals surface area contributed by atoms with E-state index in [9.17, 15) is 27.2 Å². The van der Waals surface area contributed by atoms with Crippen molar-refractivity contribution < 1.29 is 27.2 Å². The molecule has 0 spiro atoms. The van der Waals surface area contributed by atoms with Crippen LogP contribution in [-0.4, -0.2) is 22.9 Å². The van der Waals surface area contributed by atoms with Gasteiger partial charge in [0.25, 0.3) is 0 Å². The van der Waals surface area contributed by atoms with Gasteiger partial charge in [-0.3, -0.25) is 9.59 Å². The molecule has 0 rings (SSSR count). The number of carbonyl (C=O) groups is 2. The Labute approximate surface area is 82.2 Å². The van der Waals surface area contributed by atoms with Gasteiger partial charge in [-0.2, -0.15) is 17.6 Å². The number of rotatable bonds is 5. The predicted octanol–water partition coefficient (Wildman–Crippen LogP) is 2.39. The lowest BCUT2D eigenvalue weighted by Crippen LogP contribution is -2.44. The zero-order valence-corrected chi connectivity index (χ0v) is 7.88. The maximum Gasteiger partial charge on any atom is 0.391 e. The van der Waals surface area contributed by atoms with Gasteiger partial charge in [-0.15, -0.1) is 0 Å². The number of halogens is 5. The third-order valence-corrected chi connectivity index (χ3v) is 1.70. The fourth-order valence-electron chi connectivity index (χ4n) is 0.573. The van der Waals surface area contributed by atoms with Gasteiger partial charge in [-0.1, -0.05) is 6.92 Å². The van der Waals surface area contributed by atoms with E-state index < -0.39 is 29.3 Å². The van der Waals surface area contributed by atoms with Gasteiger partial charge >= 0.3 is 11.3 Å². The van der Waals surface area contributed by atoms with Crippen LogP contribution in [0.4, 0.5) is 17.6 Å². The van der Waals surface area contributed by atoms with Crippen LogP contribution in [0.5, 0.6) is 0 Å². The van der Waals surface area contributed by atoms with Gasteiger partial charge in [0.2, 0.25) is 5.78 Å². The molecular weight excluding hydrogens is 228 g/mol. The molecule has 0 aromatic carbocycles. The van der Waals surface area contributed by atoms with E-state index in [1.165, 1.54) is 6.92 Å². The fraction of sp³-hybridized carbons (Fsp3) is 0.714. The van der Waals surface area contributed by atoms with Crippen LogP contribution in [0.1, 0.15) is 19.8 Å². The molecule has 0 fully saturated rings. The molecule has 0 heterocycles. The normalized spacial score (nSPS) is 12.7. The summed E-state index contributed by atoms with van der Waals surface area (Å²) in [6.45, 7) is 1.33. The lowest BCUT2D eigenvalue weighted by Gasteiger charge is -2.18. The van der Waals surface area contributed by atoms with Gasteiger partial charge in [0.15, 0.2) is 0 Å². The number of ketones is 2. The number of alkyl halides is 5. The highest BCUT2D eigenvalue weighted by atomic mass is 35.5. The second-order valence-corrected chi connectivity index (χ2v) is 3.04. The minimum absolute atomic E-state index is 0.171. The summed E-state index contributed by atoms with van der Waals surface area (Å²) in [6.07, 6.45) is -1.40. The molecule has 0 aromatic rings. The highest BCUT2D eigenvalue weighted by Crippen LogP contribution is 2.38. The highest BCUT2D eigenvalue weighted by molar-refractivity contribution is 6.24. The number of Topliss-reactive ketones (excluding diaryl/α,β-unsaturated/α-hetero) is 2. The van der Waals surface area contributed by atoms with Crippen molar-refractivity contribution in [2.45, 2.75) is 31.1 Å². The summed E-state index contributed by atoms with van der Waals surface area (Å²) in [4.78, 5) is 21.1. The Balaban J connectivity index is 4.61. The molecule has 0 aromatic heterocycles. The van der Waals surface area contributed by atoms with Crippen LogP contribution in [-0.2, 0) is 9.59 Å². The first-order valence-corrected chi connectivity index (χ1v) is 4.00. The standard InChI is InChI=1S/C7H7ClF4O2/c1-2-4(13)3-5(14)6(9,10)7(8,11)12/h2-3H2,1H3. The summed E-state index contributed by atoms with van der Waals surface area (Å²) >= 11 is 4.03. The van der Waals surface area contributed by atoms with Crippen molar-refractivity contribution in [1.29, 1.82) is 0 Å². The number of hydrogen-bond donors (Lipinski definition) is 0. The first kappa shape index (κ1) is 13.4. The van der Waals surface area contributed by atoms with Gasteiger partial charge in [-0.05, 0) is 11.6 Å². The van der Waals surface area contributed by atoms with E-state index in [0.29, 0.717) is 0 Å². The van der Waals surface area contributed by atoms with Crippen LogP contribution in [0, 0.1) is 0 Å². The van der Waals surface area contributed by atoms with Crippen LogP contribution in [0.3, 0.4) is 0 Å². The monoisotopic (exact) mass is 234 g/mol. The van der Waals surface area contributed by atoms with E-state index >= 15 is 0 Å². The van der Waals surface area contributed by atoms with Crippen molar-refractivity contribution in [2.75, 3.05) is 0 Å². The Morgan fingerprint density at radius 2 is 1.64 bits per heavy atom. The zero-order chi connectivity index (χ0) is 11.6. The van der Waals surface area contributed by atoms with Crippen molar-refractivity contribution in [1.82, 2.24) is 0 Å². The second-order valence-electron chi connectivity index (χ2n) is 2.56. The smallest absolute Gasteiger partial charge is 0.299 e. The van der Waals surface area contributed by atoms with Crippen molar-refractivity contribution in [3.05, 3.63) is 0 Å². The Bertz CT molecular complexity index is 247. The van der Waals surface area contributed by atoms with Gasteiger partial charge in [0, 0.05) is 6.42 Å². The lowest BCUT2D eigenvalue weighted by atomic mass is 10.1. The molecule has 14 heavy (non-hydrogen) atoms. The summed E-state index contributed by atoms with van der Waals surface area (Å²) in [5.74, 6) is -8.00. The van der Waals surface area contributed by atoms with Crippen LogP contribution in [0.15, 0.2) is 0 Å². The van der Waals surface area contributed by atoms with Crippen LogP contribution >= 0.6 is 11.6 Å². The minimum Gasteiger partial charge on any atom is -0.299 e. The van der Waals surface area contributed by atoms with Crippen molar-refractivity contribution in [3.8, 4) is 0 Å². The summed E-state index contributed by atoms with van der Waals surface area (Å²) in [6, 6.07) is 0. The largest absolute Gasteiger partial charge is 0.391 e. The van der Waals surface area contributed by atoms with E-state index in [1.54, 1.807) is 0 Å². The van der Waals surface area contributed by atoms with Crippen molar-refractivity contribution in [3.63, 3.8) is 0 Å². The summed E-state index contributed by atoms with van der Waals surface area (Å²) < 4.78 is 48.9. The van der Waals surface area contributed by atoms with E-state index in [1.807, 2.05) is 0 Å². The van der Waals surface area contributed by atoms with Gasteiger partial charge in [-0.25, -0.2) is 0 Å². The van der Waals surface area contributed by atoms with Crippen molar-refractivity contribution >= 4 is 23.2 Å². The number of hydrogen-bond acceptors (Lipinski definition) is 2. The topological polar surface area (TPSA) is 34.1 Å². The van der Waals surface area contributed by atoms with Crippen molar-refractivity contribution in [2.24, 2.45) is 0 Å². The Hall–Kier alpha value is -0.650. The molecule has 0 saturated carbocycles. The second kappa shape index (κ2) is 4.25. The molecule has 0 saturated heterocycles. The van der Waals surface area contributed by atoms with Gasteiger partial charge in [0.05, 0.1) is 6.42 Å². The molecule has 0 aliphatic heterocycles. The average molecular weight is 235 g/mol. The van der Waals surface area contributed by atoms with Crippen LogP contribution in [0.25, 0.3) is 0 Å². The molecule has 82 valence electrons. The summed E-state index contributed by atoms with van der Waals surface area (Å²) in [5.41, 5.74) is 0. The Morgan fingerprint density at radius 1 is 1.21 bits per heavy atom. The SMILES string of the molecule is CCC(=O)CC(=O)C(F)(F)C(F)(F)Cl. The van der Waals surface area contributed by atoms with E-state index in [2.05, 4.69) is 11.6 Å². The maximum atomic E-state index is 12.4. The van der Waals surface area contributed by atoms with E-state index in [0.717, 1.165) is 0 Å². The Morgan fingerprint density at radius 3 is 1.93 bits per heavy atom. The molecule has 0 bridgehead atoms. The fourth-order valence-corrected chi connectivity index (χ4v) is 0.679. The molecule has 0 unspecified atom stereocenters. The first-order chi connectivity index (χ1) is 6.13. The van der Waals surface area contributed by atoms with Crippen LogP contribution < -0.4 is 0 Å². The number of carbonyl (C=O) groups excluding carboxylic acids is 2. The Kier molecular flexibility index (Phi) is 4.05. The molecule has 0 aliphatic rings. The minimum atomic E-state index is -5.00. The first-order valence-electron chi connectivity index (χ1n) is 3.62. The van der Waals surface area contributed by atoms with E-state index in [-0.39, 0.29) is 6.42 Å². The third-order valence-electron chi connectivity index (χ3n) is 1.46. The zero-order valence-electron chi connectivity index (χ0n) is 7.12. The average Bonchev–Trinajstić information content (AvgIpc) is 2.01. The van der Waals surface area contributed by atoms with Gasteiger partial charge < -0.3 is 0 Å². The predicted molar refractivity (Wildman–Crippen MR) is 40.7 cm³/mol. The van der Waals surface area contributed by atoms with Gasteiger partial charge in [0.1, 0.15) is 5.78 Å². The molecule has 7 heteroatoms.